The highest BCUT2D eigenvalue weighted by Gasteiger charge is 2.36. The van der Waals surface area contributed by atoms with E-state index in [1.807, 2.05) is 0 Å². The van der Waals surface area contributed by atoms with Crippen LogP contribution in [-0.4, -0.2) is 11.1 Å². The van der Waals surface area contributed by atoms with Crippen LogP contribution in [0.3, 0.4) is 0 Å². The second-order valence-corrected chi connectivity index (χ2v) is 3.70. The minimum absolute atomic E-state index is 0.0164. The fraction of sp³-hybridized carbons (Fsp3) is 0.300. The summed E-state index contributed by atoms with van der Waals surface area (Å²) in [5, 5.41) is 8.79. The molecule has 0 aliphatic rings. The maximum Gasteiger partial charge on any atom is 0.345 e. The highest BCUT2D eigenvalue weighted by molar-refractivity contribution is 6.31. The van der Waals surface area contributed by atoms with Crippen molar-refractivity contribution >= 4 is 17.6 Å². The van der Waals surface area contributed by atoms with Crippen molar-refractivity contribution < 1.29 is 14.3 Å². The van der Waals surface area contributed by atoms with Gasteiger partial charge in [0.05, 0.1) is 0 Å². The zero-order valence-corrected chi connectivity index (χ0v) is 8.60. The molecule has 0 saturated heterocycles. The molecule has 0 saturated carbocycles. The molecule has 14 heavy (non-hydrogen) atoms. The number of rotatable bonds is 2. The number of hydrogen-bond donors (Lipinski definition) is 1. The molecule has 0 spiro atoms. The van der Waals surface area contributed by atoms with Crippen LogP contribution in [0.15, 0.2) is 18.2 Å². The van der Waals surface area contributed by atoms with Crippen molar-refractivity contribution in [2.75, 3.05) is 0 Å². The Morgan fingerprint density at radius 2 is 2.14 bits per heavy atom. The van der Waals surface area contributed by atoms with Gasteiger partial charge in [0, 0.05) is 10.6 Å². The molecule has 0 heterocycles. The smallest absolute Gasteiger partial charge is 0.345 e. The number of halogens is 2. The number of benzene rings is 1. The Morgan fingerprint density at radius 3 is 2.57 bits per heavy atom. The Labute approximate surface area is 86.3 Å². The van der Waals surface area contributed by atoms with E-state index in [9.17, 15) is 9.18 Å². The summed E-state index contributed by atoms with van der Waals surface area (Å²) in [7, 11) is 0. The minimum atomic E-state index is -2.44. The van der Waals surface area contributed by atoms with Gasteiger partial charge in [0.2, 0.25) is 5.67 Å². The fourth-order valence-corrected chi connectivity index (χ4v) is 1.53. The molecule has 4 heteroatoms. The van der Waals surface area contributed by atoms with Gasteiger partial charge in [-0.2, -0.15) is 0 Å². The van der Waals surface area contributed by atoms with Crippen LogP contribution in [0.2, 0.25) is 5.02 Å². The molecule has 1 rings (SSSR count). The molecule has 1 N–H and O–H groups in total. The van der Waals surface area contributed by atoms with E-state index in [0.717, 1.165) is 12.5 Å². The van der Waals surface area contributed by atoms with E-state index in [1.54, 1.807) is 13.0 Å². The monoisotopic (exact) mass is 216 g/mol. The molecule has 0 fully saturated rings. The SMILES string of the molecule is Cc1ccc(C(C)(F)C(=O)O)c(Cl)c1. The lowest BCUT2D eigenvalue weighted by Gasteiger charge is -2.17. The summed E-state index contributed by atoms with van der Waals surface area (Å²) < 4.78 is 13.7. The van der Waals surface area contributed by atoms with Gasteiger partial charge in [-0.25, -0.2) is 9.18 Å². The summed E-state index contributed by atoms with van der Waals surface area (Å²) in [5.41, 5.74) is -1.60. The number of aliphatic carboxylic acids is 1. The van der Waals surface area contributed by atoms with Crippen LogP contribution in [0, 0.1) is 6.92 Å². The molecule has 0 aliphatic carbocycles. The normalized spacial score (nSPS) is 14.9. The van der Waals surface area contributed by atoms with Gasteiger partial charge in [-0.05, 0) is 25.5 Å². The molecular formula is C10H10ClFO2. The summed E-state index contributed by atoms with van der Waals surface area (Å²) in [5.74, 6) is -1.54. The van der Waals surface area contributed by atoms with Crippen molar-refractivity contribution in [2.45, 2.75) is 19.5 Å². The van der Waals surface area contributed by atoms with Crippen molar-refractivity contribution in [3.05, 3.63) is 34.3 Å². The Hall–Kier alpha value is -1.09. The predicted molar refractivity (Wildman–Crippen MR) is 52.3 cm³/mol. The fourth-order valence-electron chi connectivity index (χ4n) is 1.12. The van der Waals surface area contributed by atoms with Crippen LogP contribution in [0.1, 0.15) is 18.1 Å². The predicted octanol–water partition coefficient (Wildman–Crippen LogP) is 2.92. The lowest BCUT2D eigenvalue weighted by atomic mass is 9.97. The number of carboxylic acids is 1. The highest BCUT2D eigenvalue weighted by atomic mass is 35.5. The first-order valence-corrected chi connectivity index (χ1v) is 4.42. The largest absolute Gasteiger partial charge is 0.479 e. The summed E-state index contributed by atoms with van der Waals surface area (Å²) >= 11 is 5.75. The standard InChI is InChI=1S/C10H10ClFO2/c1-6-3-4-7(8(11)5-6)10(2,12)9(13)14/h3-5H,1-2H3,(H,13,14). The number of carboxylic acid groups (broad SMARTS) is 1. The van der Waals surface area contributed by atoms with Gasteiger partial charge in [0.25, 0.3) is 0 Å². The molecule has 2 nitrogen and oxygen atoms in total. The van der Waals surface area contributed by atoms with Gasteiger partial charge in [-0.3, -0.25) is 0 Å². The Morgan fingerprint density at radius 1 is 1.57 bits per heavy atom. The number of hydrogen-bond acceptors (Lipinski definition) is 1. The van der Waals surface area contributed by atoms with E-state index in [1.165, 1.54) is 12.1 Å². The van der Waals surface area contributed by atoms with Crippen LogP contribution >= 0.6 is 11.6 Å². The topological polar surface area (TPSA) is 37.3 Å². The molecular weight excluding hydrogens is 207 g/mol. The molecule has 76 valence electrons. The molecule has 1 aromatic rings. The maximum absolute atomic E-state index is 13.7. The summed E-state index contributed by atoms with van der Waals surface area (Å²) in [6.07, 6.45) is 0. The number of carbonyl (C=O) groups is 1. The first-order chi connectivity index (χ1) is 6.35. The molecule has 0 amide bonds. The Balaban J connectivity index is 3.26. The summed E-state index contributed by atoms with van der Waals surface area (Å²) in [4.78, 5) is 10.6. The zero-order valence-electron chi connectivity index (χ0n) is 7.84. The Kier molecular flexibility index (Phi) is 2.81. The molecule has 0 radical (unpaired) electrons. The average Bonchev–Trinajstić information content (AvgIpc) is 2.02. The quantitative estimate of drug-likeness (QED) is 0.826. The first-order valence-electron chi connectivity index (χ1n) is 4.04. The van der Waals surface area contributed by atoms with Crippen LogP contribution in [-0.2, 0) is 10.5 Å². The first kappa shape index (κ1) is 11.0. The van der Waals surface area contributed by atoms with Crippen LogP contribution in [0.5, 0.6) is 0 Å². The third kappa shape index (κ3) is 1.87. The van der Waals surface area contributed by atoms with Gasteiger partial charge >= 0.3 is 5.97 Å². The van der Waals surface area contributed by atoms with E-state index in [0.29, 0.717) is 0 Å². The van der Waals surface area contributed by atoms with Gasteiger partial charge in [-0.1, -0.05) is 23.7 Å². The van der Waals surface area contributed by atoms with Gasteiger partial charge in [-0.15, -0.1) is 0 Å². The van der Waals surface area contributed by atoms with Gasteiger partial charge < -0.3 is 5.11 Å². The van der Waals surface area contributed by atoms with Crippen LogP contribution in [0.25, 0.3) is 0 Å². The van der Waals surface area contributed by atoms with Crippen molar-refractivity contribution in [1.29, 1.82) is 0 Å². The minimum Gasteiger partial charge on any atom is -0.479 e. The second kappa shape index (κ2) is 3.58. The molecule has 0 bridgehead atoms. The summed E-state index contributed by atoms with van der Waals surface area (Å²) in [6.45, 7) is 2.78. The molecule has 0 aliphatic heterocycles. The number of aryl methyl sites for hydroxylation is 1. The lowest BCUT2D eigenvalue weighted by Crippen LogP contribution is -2.27. The van der Waals surface area contributed by atoms with Crippen LogP contribution in [0.4, 0.5) is 4.39 Å². The Bertz CT molecular complexity index is 374. The van der Waals surface area contributed by atoms with E-state index in [2.05, 4.69) is 0 Å². The van der Waals surface area contributed by atoms with Crippen molar-refractivity contribution in [1.82, 2.24) is 0 Å². The number of alkyl halides is 1. The second-order valence-electron chi connectivity index (χ2n) is 3.29. The van der Waals surface area contributed by atoms with E-state index < -0.39 is 11.6 Å². The van der Waals surface area contributed by atoms with E-state index in [-0.39, 0.29) is 10.6 Å². The highest BCUT2D eigenvalue weighted by Crippen LogP contribution is 2.32. The molecule has 1 atom stereocenters. The zero-order chi connectivity index (χ0) is 10.9. The third-order valence-electron chi connectivity index (χ3n) is 2.03. The average molecular weight is 217 g/mol. The molecule has 1 aromatic carbocycles. The van der Waals surface area contributed by atoms with E-state index >= 15 is 0 Å². The van der Waals surface area contributed by atoms with Crippen LogP contribution < -0.4 is 0 Å². The molecule has 0 aromatic heterocycles. The summed E-state index contributed by atoms with van der Waals surface area (Å²) in [6, 6.07) is 4.56. The lowest BCUT2D eigenvalue weighted by molar-refractivity contribution is -0.150. The maximum atomic E-state index is 13.7. The van der Waals surface area contributed by atoms with Crippen molar-refractivity contribution in [3.63, 3.8) is 0 Å². The van der Waals surface area contributed by atoms with Crippen molar-refractivity contribution in [2.24, 2.45) is 0 Å². The van der Waals surface area contributed by atoms with E-state index in [4.69, 9.17) is 16.7 Å². The van der Waals surface area contributed by atoms with Crippen molar-refractivity contribution in [3.8, 4) is 0 Å². The van der Waals surface area contributed by atoms with Gasteiger partial charge in [0.1, 0.15) is 0 Å². The third-order valence-corrected chi connectivity index (χ3v) is 2.34. The van der Waals surface area contributed by atoms with Gasteiger partial charge in [0.15, 0.2) is 0 Å². The molecule has 1 unspecified atom stereocenters.